The Bertz CT molecular complexity index is 286. The maximum Gasteiger partial charge on any atom is 0.0509 e. The second kappa shape index (κ2) is 5.10. The molecule has 0 aromatic carbocycles. The van der Waals surface area contributed by atoms with Gasteiger partial charge in [-0.1, -0.05) is 0 Å². The molecule has 3 unspecified atom stereocenters. The summed E-state index contributed by atoms with van der Waals surface area (Å²) in [6.45, 7) is 10.5. The highest BCUT2D eigenvalue weighted by molar-refractivity contribution is 5.02. The third kappa shape index (κ3) is 2.59. The summed E-state index contributed by atoms with van der Waals surface area (Å²) in [6, 6.07) is 0.686. The van der Waals surface area contributed by atoms with Gasteiger partial charge in [0.05, 0.1) is 6.61 Å². The summed E-state index contributed by atoms with van der Waals surface area (Å²) in [6.07, 6.45) is 5.40. The summed E-state index contributed by atoms with van der Waals surface area (Å²) in [4.78, 5) is 2.73. The quantitative estimate of drug-likeness (QED) is 0.830. The van der Waals surface area contributed by atoms with Crippen molar-refractivity contribution >= 4 is 0 Å². The lowest BCUT2D eigenvalue weighted by Crippen LogP contribution is -2.53. The van der Waals surface area contributed by atoms with Crippen molar-refractivity contribution in [3.05, 3.63) is 0 Å². The van der Waals surface area contributed by atoms with Crippen LogP contribution in [-0.4, -0.2) is 49.3 Å². The van der Waals surface area contributed by atoms with Crippen LogP contribution < -0.4 is 5.32 Å². The van der Waals surface area contributed by atoms with Gasteiger partial charge in [-0.05, 0) is 64.5 Å². The molecule has 3 rings (SSSR count). The van der Waals surface area contributed by atoms with Crippen molar-refractivity contribution in [3.8, 4) is 0 Å². The molecule has 1 saturated carbocycles. The first kappa shape index (κ1) is 12.9. The molecule has 2 heterocycles. The molecule has 1 aliphatic carbocycles. The molecule has 1 N–H and O–H groups in total. The summed E-state index contributed by atoms with van der Waals surface area (Å²) >= 11 is 0. The molecule has 0 bridgehead atoms. The van der Waals surface area contributed by atoms with Crippen LogP contribution in [0.5, 0.6) is 0 Å². The van der Waals surface area contributed by atoms with E-state index in [2.05, 4.69) is 24.1 Å². The van der Waals surface area contributed by atoms with Crippen molar-refractivity contribution in [2.75, 3.05) is 32.8 Å². The van der Waals surface area contributed by atoms with E-state index in [-0.39, 0.29) is 0 Å². The maximum atomic E-state index is 5.57. The van der Waals surface area contributed by atoms with Crippen LogP contribution in [0.4, 0.5) is 0 Å². The topological polar surface area (TPSA) is 24.5 Å². The fraction of sp³-hybridized carbons (Fsp3) is 1.00. The number of nitrogens with zero attached hydrogens (tertiary/aromatic N) is 1. The summed E-state index contributed by atoms with van der Waals surface area (Å²) < 4.78 is 5.57. The van der Waals surface area contributed by atoms with E-state index in [0.717, 1.165) is 25.0 Å². The lowest BCUT2D eigenvalue weighted by molar-refractivity contribution is 0.107. The zero-order chi connectivity index (χ0) is 12.6. The predicted molar refractivity (Wildman–Crippen MR) is 73.7 cm³/mol. The first-order valence-corrected chi connectivity index (χ1v) is 7.76. The van der Waals surface area contributed by atoms with Crippen molar-refractivity contribution in [1.82, 2.24) is 10.2 Å². The van der Waals surface area contributed by atoms with E-state index in [1.165, 1.54) is 45.3 Å². The summed E-state index contributed by atoms with van der Waals surface area (Å²) in [5.41, 5.74) is 0.365. The SMILES string of the molecule is CC(C1CCOC1)N1CCCNC(C)(C2CC2)C1. The Morgan fingerprint density at radius 1 is 1.33 bits per heavy atom. The lowest BCUT2D eigenvalue weighted by atomic mass is 9.92. The predicted octanol–water partition coefficient (Wildman–Crippen LogP) is 1.88. The van der Waals surface area contributed by atoms with Gasteiger partial charge >= 0.3 is 0 Å². The van der Waals surface area contributed by atoms with Gasteiger partial charge in [0, 0.05) is 24.7 Å². The summed E-state index contributed by atoms with van der Waals surface area (Å²) in [5, 5.41) is 3.82. The molecule has 104 valence electrons. The van der Waals surface area contributed by atoms with Crippen molar-refractivity contribution in [1.29, 1.82) is 0 Å². The van der Waals surface area contributed by atoms with Crippen molar-refractivity contribution < 1.29 is 4.74 Å². The minimum Gasteiger partial charge on any atom is -0.381 e. The van der Waals surface area contributed by atoms with Crippen molar-refractivity contribution in [2.45, 2.75) is 51.1 Å². The molecule has 0 spiro atoms. The second-order valence-electron chi connectivity index (χ2n) is 6.81. The highest BCUT2D eigenvalue weighted by Gasteiger charge is 2.44. The van der Waals surface area contributed by atoms with Gasteiger partial charge in [-0.25, -0.2) is 0 Å². The van der Waals surface area contributed by atoms with E-state index in [9.17, 15) is 0 Å². The number of rotatable bonds is 3. The Labute approximate surface area is 111 Å². The molecule has 0 amide bonds. The average Bonchev–Trinajstić information content (AvgIpc) is 3.12. The molecule has 2 aliphatic heterocycles. The van der Waals surface area contributed by atoms with Gasteiger partial charge in [-0.3, -0.25) is 4.90 Å². The summed E-state index contributed by atoms with van der Waals surface area (Å²) in [7, 11) is 0. The molecule has 0 radical (unpaired) electrons. The van der Waals surface area contributed by atoms with E-state index >= 15 is 0 Å². The van der Waals surface area contributed by atoms with Crippen LogP contribution in [0, 0.1) is 11.8 Å². The molecule has 3 fully saturated rings. The zero-order valence-corrected chi connectivity index (χ0v) is 12.0. The molecule has 0 aromatic rings. The Hall–Kier alpha value is -0.120. The average molecular weight is 252 g/mol. The highest BCUT2D eigenvalue weighted by atomic mass is 16.5. The number of hydrogen-bond donors (Lipinski definition) is 1. The Morgan fingerprint density at radius 2 is 2.17 bits per heavy atom. The van der Waals surface area contributed by atoms with Crippen LogP contribution in [0.2, 0.25) is 0 Å². The highest BCUT2D eigenvalue weighted by Crippen LogP contribution is 2.41. The second-order valence-corrected chi connectivity index (χ2v) is 6.81. The molecule has 2 saturated heterocycles. The third-order valence-electron chi connectivity index (χ3n) is 5.38. The fourth-order valence-corrected chi connectivity index (χ4v) is 3.79. The number of ether oxygens (including phenoxy) is 1. The maximum absolute atomic E-state index is 5.57. The van der Waals surface area contributed by atoms with Crippen LogP contribution in [0.1, 0.15) is 39.5 Å². The van der Waals surface area contributed by atoms with E-state index in [1.807, 2.05) is 0 Å². The van der Waals surface area contributed by atoms with E-state index < -0.39 is 0 Å². The van der Waals surface area contributed by atoms with E-state index in [0.29, 0.717) is 11.6 Å². The van der Waals surface area contributed by atoms with Gasteiger partial charge in [-0.15, -0.1) is 0 Å². The van der Waals surface area contributed by atoms with Crippen LogP contribution in [0.3, 0.4) is 0 Å². The van der Waals surface area contributed by atoms with Gasteiger partial charge in [-0.2, -0.15) is 0 Å². The number of hydrogen-bond acceptors (Lipinski definition) is 3. The Balaban J connectivity index is 1.66. The van der Waals surface area contributed by atoms with Crippen molar-refractivity contribution in [2.24, 2.45) is 11.8 Å². The molecule has 18 heavy (non-hydrogen) atoms. The molecule has 3 nitrogen and oxygen atoms in total. The van der Waals surface area contributed by atoms with Crippen LogP contribution in [-0.2, 0) is 4.74 Å². The van der Waals surface area contributed by atoms with Crippen LogP contribution in [0.25, 0.3) is 0 Å². The molecule has 3 aliphatic rings. The minimum atomic E-state index is 0.365. The number of nitrogens with one attached hydrogen (secondary N) is 1. The summed E-state index contributed by atoms with van der Waals surface area (Å²) in [5.74, 6) is 1.68. The Morgan fingerprint density at radius 3 is 2.83 bits per heavy atom. The molecular weight excluding hydrogens is 224 g/mol. The first-order chi connectivity index (χ1) is 8.69. The normalized spacial score (nSPS) is 40.7. The van der Waals surface area contributed by atoms with Gasteiger partial charge in [0.2, 0.25) is 0 Å². The monoisotopic (exact) mass is 252 g/mol. The molecule has 3 heteroatoms. The van der Waals surface area contributed by atoms with Gasteiger partial charge in [0.1, 0.15) is 0 Å². The van der Waals surface area contributed by atoms with Gasteiger partial charge in [0.15, 0.2) is 0 Å². The lowest BCUT2D eigenvalue weighted by Gasteiger charge is -2.38. The van der Waals surface area contributed by atoms with Gasteiger partial charge in [0.25, 0.3) is 0 Å². The Kier molecular flexibility index (Phi) is 3.65. The minimum absolute atomic E-state index is 0.365. The van der Waals surface area contributed by atoms with E-state index in [1.54, 1.807) is 0 Å². The molecule has 3 atom stereocenters. The van der Waals surface area contributed by atoms with Gasteiger partial charge < -0.3 is 10.1 Å². The molecule has 0 aromatic heterocycles. The van der Waals surface area contributed by atoms with E-state index in [4.69, 9.17) is 4.74 Å². The largest absolute Gasteiger partial charge is 0.381 e. The van der Waals surface area contributed by atoms with Crippen LogP contribution >= 0.6 is 0 Å². The van der Waals surface area contributed by atoms with Crippen molar-refractivity contribution in [3.63, 3.8) is 0 Å². The zero-order valence-electron chi connectivity index (χ0n) is 12.0. The third-order valence-corrected chi connectivity index (χ3v) is 5.38. The fourth-order valence-electron chi connectivity index (χ4n) is 3.79. The molecular formula is C15H28N2O. The first-order valence-electron chi connectivity index (χ1n) is 7.76. The standard InChI is InChI=1S/C15H28N2O/c1-12(13-6-9-18-10-13)17-8-3-7-16-15(2,11-17)14-4-5-14/h12-14,16H,3-11H2,1-2H3. The smallest absolute Gasteiger partial charge is 0.0509 e. The van der Waals surface area contributed by atoms with Crippen LogP contribution in [0.15, 0.2) is 0 Å².